The number of hydrogen-bond acceptors (Lipinski definition) is 5. The lowest BCUT2D eigenvalue weighted by Gasteiger charge is -2.24. The zero-order valence-corrected chi connectivity index (χ0v) is 12.6. The van der Waals surface area contributed by atoms with Crippen LogP contribution in [0.4, 0.5) is 0 Å². The minimum absolute atomic E-state index is 0.150. The molecule has 1 aromatic heterocycles. The van der Waals surface area contributed by atoms with Gasteiger partial charge in [-0.25, -0.2) is 13.1 Å². The van der Waals surface area contributed by atoms with Gasteiger partial charge >= 0.3 is 0 Å². The van der Waals surface area contributed by atoms with Gasteiger partial charge in [-0.2, -0.15) is 0 Å². The highest BCUT2D eigenvalue weighted by Gasteiger charge is 2.28. The molecular formula is C11H19NO4S2. The molecule has 0 aliphatic rings. The highest BCUT2D eigenvalue weighted by Crippen LogP contribution is 2.26. The molecule has 0 bridgehead atoms. The van der Waals surface area contributed by atoms with E-state index in [4.69, 9.17) is 9.84 Å². The lowest BCUT2D eigenvalue weighted by Crippen LogP contribution is -2.46. The molecular weight excluding hydrogens is 274 g/mol. The van der Waals surface area contributed by atoms with E-state index in [1.165, 1.54) is 24.5 Å². The number of hydrogen-bond donors (Lipinski definition) is 2. The third-order valence-corrected chi connectivity index (χ3v) is 5.27. The Labute approximate surface area is 112 Å². The second-order valence-corrected chi connectivity index (χ2v) is 7.71. The Morgan fingerprint density at radius 3 is 2.56 bits per heavy atom. The van der Waals surface area contributed by atoms with Crippen molar-refractivity contribution in [3.63, 3.8) is 0 Å². The number of rotatable bonds is 6. The molecule has 104 valence electrons. The Hall–Kier alpha value is -0.470. The molecule has 5 nitrogen and oxygen atoms in total. The Balaban J connectivity index is 3.03. The third-order valence-electron chi connectivity index (χ3n) is 2.28. The zero-order valence-electron chi connectivity index (χ0n) is 11.0. The van der Waals surface area contributed by atoms with Gasteiger partial charge in [0.25, 0.3) is 0 Å². The van der Waals surface area contributed by atoms with Crippen molar-refractivity contribution in [3.05, 3.63) is 15.8 Å². The van der Waals surface area contributed by atoms with E-state index in [0.29, 0.717) is 9.75 Å². The van der Waals surface area contributed by atoms with Gasteiger partial charge in [0.15, 0.2) is 0 Å². The van der Waals surface area contributed by atoms with Gasteiger partial charge < -0.3 is 9.84 Å². The van der Waals surface area contributed by atoms with Crippen molar-refractivity contribution in [2.24, 2.45) is 0 Å². The van der Waals surface area contributed by atoms with Gasteiger partial charge in [0.1, 0.15) is 0 Å². The Morgan fingerprint density at radius 2 is 2.11 bits per heavy atom. The first-order chi connectivity index (χ1) is 8.22. The number of sulfonamides is 1. The monoisotopic (exact) mass is 293 g/mol. The molecule has 0 radical (unpaired) electrons. The molecule has 0 aliphatic heterocycles. The summed E-state index contributed by atoms with van der Waals surface area (Å²) in [5.74, 6) is 0. The molecule has 0 fully saturated rings. The first-order valence-electron chi connectivity index (χ1n) is 5.45. The van der Waals surface area contributed by atoms with Crippen LogP contribution < -0.4 is 4.72 Å². The third kappa shape index (κ3) is 3.76. The van der Waals surface area contributed by atoms with Gasteiger partial charge in [-0.1, -0.05) is 0 Å². The topological polar surface area (TPSA) is 75.6 Å². The summed E-state index contributed by atoms with van der Waals surface area (Å²) in [5.41, 5.74) is -0.679. The standard InChI is InChI=1S/C11H19NO4S2/c1-8-10(5-9(6-13)17-8)18(14,15)12-11(2,3)7-16-4/h5,12-13H,6-7H2,1-4H3. The van der Waals surface area contributed by atoms with Crippen LogP contribution in [0.15, 0.2) is 11.0 Å². The van der Waals surface area contributed by atoms with E-state index in [1.54, 1.807) is 20.8 Å². The first kappa shape index (κ1) is 15.6. The fourth-order valence-corrected chi connectivity index (χ4v) is 4.57. The molecule has 0 aliphatic carbocycles. The number of thiophene rings is 1. The fraction of sp³-hybridized carbons (Fsp3) is 0.636. The van der Waals surface area contributed by atoms with Crippen LogP contribution >= 0.6 is 11.3 Å². The van der Waals surface area contributed by atoms with Crippen molar-refractivity contribution in [2.45, 2.75) is 37.8 Å². The smallest absolute Gasteiger partial charge is 0.242 e. The predicted octanol–water partition coefficient (Wildman–Crippen LogP) is 1.25. The number of aliphatic hydroxyl groups is 1. The second kappa shape index (κ2) is 5.66. The minimum atomic E-state index is -3.59. The van der Waals surface area contributed by atoms with Gasteiger partial charge in [-0.05, 0) is 26.8 Å². The summed E-state index contributed by atoms with van der Waals surface area (Å²) in [5, 5.41) is 9.03. The van der Waals surface area contributed by atoms with Crippen molar-refractivity contribution in [1.29, 1.82) is 0 Å². The molecule has 1 heterocycles. The molecule has 18 heavy (non-hydrogen) atoms. The van der Waals surface area contributed by atoms with Gasteiger partial charge in [-0.15, -0.1) is 11.3 Å². The summed E-state index contributed by atoms with van der Waals surface area (Å²) in [6.07, 6.45) is 0. The summed E-state index contributed by atoms with van der Waals surface area (Å²) < 4.78 is 32.0. The van der Waals surface area contributed by atoms with Crippen LogP contribution in [0.3, 0.4) is 0 Å². The number of methoxy groups -OCH3 is 1. The molecule has 1 rings (SSSR count). The second-order valence-electron chi connectivity index (χ2n) is 4.71. The minimum Gasteiger partial charge on any atom is -0.391 e. The average molecular weight is 293 g/mol. The summed E-state index contributed by atoms with van der Waals surface area (Å²) in [7, 11) is -2.07. The number of nitrogens with one attached hydrogen (secondary N) is 1. The molecule has 0 saturated heterocycles. The number of aryl methyl sites for hydroxylation is 1. The summed E-state index contributed by atoms with van der Waals surface area (Å²) in [4.78, 5) is 1.53. The molecule has 0 atom stereocenters. The normalized spacial score (nSPS) is 12.9. The molecule has 0 saturated carbocycles. The van der Waals surface area contributed by atoms with Crippen LogP contribution in [0.2, 0.25) is 0 Å². The van der Waals surface area contributed by atoms with Crippen LogP contribution in [-0.4, -0.2) is 32.8 Å². The van der Waals surface area contributed by atoms with E-state index in [2.05, 4.69) is 4.72 Å². The van der Waals surface area contributed by atoms with Gasteiger partial charge in [0.2, 0.25) is 10.0 Å². The number of ether oxygens (including phenoxy) is 1. The Morgan fingerprint density at radius 1 is 1.50 bits per heavy atom. The van der Waals surface area contributed by atoms with Crippen molar-refractivity contribution in [3.8, 4) is 0 Å². The molecule has 7 heteroatoms. The summed E-state index contributed by atoms with van der Waals surface area (Å²) in [6, 6.07) is 1.51. The maximum absolute atomic E-state index is 12.2. The van der Waals surface area contributed by atoms with Crippen LogP contribution in [-0.2, 0) is 21.4 Å². The quantitative estimate of drug-likeness (QED) is 0.828. The van der Waals surface area contributed by atoms with E-state index < -0.39 is 15.6 Å². The summed E-state index contributed by atoms with van der Waals surface area (Å²) >= 11 is 1.28. The van der Waals surface area contributed by atoms with Gasteiger partial charge in [-0.3, -0.25) is 0 Å². The highest BCUT2D eigenvalue weighted by molar-refractivity contribution is 7.89. The SMILES string of the molecule is COCC(C)(C)NS(=O)(=O)c1cc(CO)sc1C. The van der Waals surface area contributed by atoms with E-state index in [0.717, 1.165) is 0 Å². The van der Waals surface area contributed by atoms with Gasteiger partial charge in [0.05, 0.1) is 23.6 Å². The van der Waals surface area contributed by atoms with Crippen LogP contribution in [0.1, 0.15) is 23.6 Å². The molecule has 0 aromatic carbocycles. The van der Waals surface area contributed by atoms with Crippen LogP contribution in [0.25, 0.3) is 0 Å². The maximum atomic E-state index is 12.2. The summed E-state index contributed by atoms with van der Waals surface area (Å²) in [6.45, 7) is 5.36. The van der Waals surface area contributed by atoms with E-state index >= 15 is 0 Å². The van der Waals surface area contributed by atoms with Crippen molar-refractivity contribution in [2.75, 3.05) is 13.7 Å². The average Bonchev–Trinajstić information content (AvgIpc) is 2.58. The van der Waals surface area contributed by atoms with E-state index in [-0.39, 0.29) is 18.1 Å². The maximum Gasteiger partial charge on any atom is 0.242 e. The van der Waals surface area contributed by atoms with Crippen LogP contribution in [0, 0.1) is 6.92 Å². The van der Waals surface area contributed by atoms with Crippen LogP contribution in [0.5, 0.6) is 0 Å². The van der Waals surface area contributed by atoms with E-state index in [9.17, 15) is 8.42 Å². The largest absolute Gasteiger partial charge is 0.391 e. The Bertz CT molecular complexity index is 505. The fourth-order valence-electron chi connectivity index (χ4n) is 1.68. The lowest BCUT2D eigenvalue weighted by molar-refractivity contribution is 0.141. The molecule has 0 unspecified atom stereocenters. The highest BCUT2D eigenvalue weighted by atomic mass is 32.2. The first-order valence-corrected chi connectivity index (χ1v) is 7.75. The molecule has 2 N–H and O–H groups in total. The Kier molecular flexibility index (Phi) is 4.90. The van der Waals surface area contributed by atoms with Crippen molar-refractivity contribution >= 4 is 21.4 Å². The predicted molar refractivity (Wildman–Crippen MR) is 71.3 cm³/mol. The van der Waals surface area contributed by atoms with Crippen molar-refractivity contribution < 1.29 is 18.3 Å². The van der Waals surface area contributed by atoms with E-state index in [1.807, 2.05) is 0 Å². The van der Waals surface area contributed by atoms with Crippen molar-refractivity contribution in [1.82, 2.24) is 4.72 Å². The molecule has 0 spiro atoms. The zero-order chi connectivity index (χ0) is 14.0. The number of aliphatic hydroxyl groups excluding tert-OH is 1. The van der Waals surface area contributed by atoms with Gasteiger partial charge in [0, 0.05) is 16.9 Å². The molecule has 0 amide bonds. The molecule has 1 aromatic rings. The lowest BCUT2D eigenvalue weighted by atomic mass is 10.1.